The van der Waals surface area contributed by atoms with E-state index in [0.717, 1.165) is 20.1 Å². The number of benzene rings is 1. The summed E-state index contributed by atoms with van der Waals surface area (Å²) in [5.41, 5.74) is 0.752. The van der Waals surface area contributed by atoms with Gasteiger partial charge in [0.15, 0.2) is 5.13 Å². The molecule has 1 aromatic heterocycles. The number of thiophene rings is 1. The van der Waals surface area contributed by atoms with Crippen molar-refractivity contribution in [2.75, 3.05) is 0 Å². The van der Waals surface area contributed by atoms with Gasteiger partial charge in [-0.25, -0.2) is 0 Å². The lowest BCUT2D eigenvalue weighted by Gasteiger charge is -1.91. The molecule has 3 heteroatoms. The molecule has 0 saturated carbocycles. The third-order valence-corrected chi connectivity index (χ3v) is 3.38. The maximum atomic E-state index is 13.1. The molecule has 0 aliphatic carbocycles. The number of aryl methyl sites for hydroxylation is 1. The minimum atomic E-state index is -0.0805. The molecule has 1 aromatic carbocycles. The van der Waals surface area contributed by atoms with Gasteiger partial charge in [0.1, 0.15) is 0 Å². The van der Waals surface area contributed by atoms with Crippen LogP contribution in [0.15, 0.2) is 22.7 Å². The second-order valence-electron chi connectivity index (χ2n) is 2.64. The van der Waals surface area contributed by atoms with Gasteiger partial charge in [-0.2, -0.15) is 4.39 Å². The van der Waals surface area contributed by atoms with Gasteiger partial charge in [0.25, 0.3) is 0 Å². The highest BCUT2D eigenvalue weighted by Gasteiger charge is 2.06. The number of halogens is 2. The number of rotatable bonds is 0. The summed E-state index contributed by atoms with van der Waals surface area (Å²) in [6.45, 7) is 1.81. The number of hydrogen-bond donors (Lipinski definition) is 0. The normalized spacial score (nSPS) is 10.9. The van der Waals surface area contributed by atoms with Gasteiger partial charge in [-0.3, -0.25) is 0 Å². The van der Waals surface area contributed by atoms with Gasteiger partial charge in [0.05, 0.1) is 0 Å². The van der Waals surface area contributed by atoms with Gasteiger partial charge in [-0.15, -0.1) is 11.3 Å². The molecule has 2 aromatic rings. The van der Waals surface area contributed by atoms with Gasteiger partial charge >= 0.3 is 0 Å². The Morgan fingerprint density at radius 2 is 2.17 bits per heavy atom. The van der Waals surface area contributed by atoms with E-state index < -0.39 is 0 Å². The number of fused-ring (bicyclic) bond motifs is 1. The summed E-state index contributed by atoms with van der Waals surface area (Å²) >= 11 is 4.55. The zero-order valence-corrected chi connectivity index (χ0v) is 8.80. The van der Waals surface area contributed by atoms with E-state index >= 15 is 0 Å². The standard InChI is InChI=1S/C9H6BrFS/c1-5-7-3-2-6(10)4-8(7)12-9(5)11/h2-4H,1H3. The first-order valence-electron chi connectivity index (χ1n) is 3.52. The molecule has 0 fully saturated rings. The maximum Gasteiger partial charge on any atom is 0.180 e. The predicted molar refractivity (Wildman–Crippen MR) is 54.2 cm³/mol. The summed E-state index contributed by atoms with van der Waals surface area (Å²) in [4.78, 5) is 0. The first kappa shape index (κ1) is 8.20. The first-order chi connectivity index (χ1) is 5.68. The zero-order chi connectivity index (χ0) is 8.72. The van der Waals surface area contributed by atoms with E-state index in [1.807, 2.05) is 25.1 Å². The van der Waals surface area contributed by atoms with Crippen LogP contribution in [0.5, 0.6) is 0 Å². The number of hydrogen-bond acceptors (Lipinski definition) is 1. The Bertz CT molecular complexity index is 433. The third-order valence-electron chi connectivity index (χ3n) is 1.84. The minimum absolute atomic E-state index is 0.0805. The second kappa shape index (κ2) is 2.82. The minimum Gasteiger partial charge on any atom is -0.195 e. The molecular weight excluding hydrogens is 239 g/mol. The van der Waals surface area contributed by atoms with E-state index in [0.29, 0.717) is 0 Å². The van der Waals surface area contributed by atoms with Gasteiger partial charge in [0, 0.05) is 14.7 Å². The Morgan fingerprint density at radius 1 is 1.42 bits per heavy atom. The highest BCUT2D eigenvalue weighted by molar-refractivity contribution is 9.10. The summed E-state index contributed by atoms with van der Waals surface area (Å²) in [5.74, 6) is 0. The van der Waals surface area contributed by atoms with Gasteiger partial charge < -0.3 is 0 Å². The first-order valence-corrected chi connectivity index (χ1v) is 5.13. The van der Waals surface area contributed by atoms with Crippen molar-refractivity contribution in [1.82, 2.24) is 0 Å². The Morgan fingerprint density at radius 3 is 2.92 bits per heavy atom. The molecule has 0 radical (unpaired) electrons. The van der Waals surface area contributed by atoms with E-state index in [1.54, 1.807) is 0 Å². The zero-order valence-electron chi connectivity index (χ0n) is 6.40. The largest absolute Gasteiger partial charge is 0.195 e. The quantitative estimate of drug-likeness (QED) is 0.655. The Hall–Kier alpha value is -0.410. The lowest BCUT2D eigenvalue weighted by atomic mass is 10.2. The van der Waals surface area contributed by atoms with Crippen LogP contribution >= 0.6 is 27.3 Å². The van der Waals surface area contributed by atoms with Crippen molar-refractivity contribution in [1.29, 1.82) is 0 Å². The molecule has 2 rings (SSSR count). The van der Waals surface area contributed by atoms with Crippen molar-refractivity contribution in [3.05, 3.63) is 33.4 Å². The fraction of sp³-hybridized carbons (Fsp3) is 0.111. The second-order valence-corrected chi connectivity index (χ2v) is 4.56. The summed E-state index contributed by atoms with van der Waals surface area (Å²) < 4.78 is 15.1. The van der Waals surface area contributed by atoms with E-state index in [2.05, 4.69) is 15.9 Å². The van der Waals surface area contributed by atoms with Crippen LogP contribution in [0, 0.1) is 12.1 Å². The summed E-state index contributed by atoms with van der Waals surface area (Å²) in [5, 5.41) is 0.934. The van der Waals surface area contributed by atoms with Crippen LogP contribution in [-0.2, 0) is 0 Å². The molecule has 0 amide bonds. The van der Waals surface area contributed by atoms with Crippen molar-refractivity contribution in [2.24, 2.45) is 0 Å². The van der Waals surface area contributed by atoms with Crippen molar-refractivity contribution in [3.8, 4) is 0 Å². The lowest BCUT2D eigenvalue weighted by Crippen LogP contribution is -1.70. The lowest BCUT2D eigenvalue weighted by molar-refractivity contribution is 0.650. The maximum absolute atomic E-state index is 13.1. The topological polar surface area (TPSA) is 0 Å². The van der Waals surface area contributed by atoms with E-state index in [1.165, 1.54) is 11.3 Å². The molecule has 0 aliphatic rings. The van der Waals surface area contributed by atoms with Gasteiger partial charge in [0.2, 0.25) is 0 Å². The molecule has 0 N–H and O–H groups in total. The van der Waals surface area contributed by atoms with Crippen LogP contribution in [0.2, 0.25) is 0 Å². The Labute approximate surface area is 82.2 Å². The fourth-order valence-electron chi connectivity index (χ4n) is 1.17. The summed E-state index contributed by atoms with van der Waals surface area (Å²) in [6.07, 6.45) is 0. The molecule has 0 saturated heterocycles. The Kier molecular flexibility index (Phi) is 1.93. The van der Waals surface area contributed by atoms with Crippen LogP contribution < -0.4 is 0 Å². The van der Waals surface area contributed by atoms with Crippen molar-refractivity contribution in [2.45, 2.75) is 6.92 Å². The highest BCUT2D eigenvalue weighted by atomic mass is 79.9. The van der Waals surface area contributed by atoms with Crippen molar-refractivity contribution < 1.29 is 4.39 Å². The van der Waals surface area contributed by atoms with E-state index in [4.69, 9.17) is 0 Å². The fourth-order valence-corrected chi connectivity index (χ4v) is 2.66. The molecule has 0 bridgehead atoms. The average molecular weight is 245 g/mol. The molecule has 1 heterocycles. The van der Waals surface area contributed by atoms with E-state index in [9.17, 15) is 4.39 Å². The van der Waals surface area contributed by atoms with Crippen LogP contribution in [0.1, 0.15) is 5.56 Å². The molecule has 0 nitrogen and oxygen atoms in total. The highest BCUT2D eigenvalue weighted by Crippen LogP contribution is 2.31. The Balaban J connectivity index is 2.87. The third kappa shape index (κ3) is 1.17. The van der Waals surface area contributed by atoms with Gasteiger partial charge in [-0.1, -0.05) is 22.0 Å². The average Bonchev–Trinajstić information content (AvgIpc) is 2.28. The van der Waals surface area contributed by atoms with Gasteiger partial charge in [-0.05, 0) is 24.4 Å². The van der Waals surface area contributed by atoms with Crippen molar-refractivity contribution in [3.63, 3.8) is 0 Å². The molecule has 12 heavy (non-hydrogen) atoms. The summed E-state index contributed by atoms with van der Waals surface area (Å²) in [6, 6.07) is 5.81. The predicted octanol–water partition coefficient (Wildman–Crippen LogP) is 4.11. The molecule has 0 aliphatic heterocycles. The SMILES string of the molecule is Cc1c(F)sc2cc(Br)ccc12. The molecule has 0 spiro atoms. The van der Waals surface area contributed by atoms with Crippen LogP contribution in [0.4, 0.5) is 4.39 Å². The summed E-state index contributed by atoms with van der Waals surface area (Å²) in [7, 11) is 0. The molecule has 62 valence electrons. The monoisotopic (exact) mass is 244 g/mol. The van der Waals surface area contributed by atoms with Crippen LogP contribution in [-0.4, -0.2) is 0 Å². The molecule has 0 unspecified atom stereocenters. The van der Waals surface area contributed by atoms with E-state index in [-0.39, 0.29) is 5.13 Å². The van der Waals surface area contributed by atoms with Crippen LogP contribution in [0.25, 0.3) is 10.1 Å². The molecule has 0 atom stereocenters. The van der Waals surface area contributed by atoms with Crippen molar-refractivity contribution >= 4 is 37.4 Å². The molecular formula is C9H6BrFS. The smallest absolute Gasteiger partial charge is 0.180 e. The van der Waals surface area contributed by atoms with Crippen LogP contribution in [0.3, 0.4) is 0 Å².